The van der Waals surface area contributed by atoms with Gasteiger partial charge < -0.3 is 19.6 Å². The van der Waals surface area contributed by atoms with Gasteiger partial charge in [0.25, 0.3) is 5.91 Å². The highest BCUT2D eigenvalue weighted by atomic mass is 16.5. The van der Waals surface area contributed by atoms with Crippen LogP contribution in [-0.4, -0.2) is 36.4 Å². The molecule has 0 aromatic carbocycles. The molecule has 5 nitrogen and oxygen atoms in total. The maximum Gasteiger partial charge on any atom is 0.287 e. The molecule has 0 bridgehead atoms. The van der Waals surface area contributed by atoms with Gasteiger partial charge in [0.15, 0.2) is 5.76 Å². The predicted molar refractivity (Wildman–Crippen MR) is 65.5 cm³/mol. The number of aliphatic hydroxyl groups is 1. The van der Waals surface area contributed by atoms with Gasteiger partial charge in [-0.15, -0.1) is 0 Å². The molecule has 1 aliphatic rings. The summed E-state index contributed by atoms with van der Waals surface area (Å²) in [6, 6.07) is 1.82. The number of carbonyl (C=O) groups is 1. The molecule has 2 rings (SSSR count). The van der Waals surface area contributed by atoms with E-state index in [0.717, 1.165) is 5.56 Å². The summed E-state index contributed by atoms with van der Waals surface area (Å²) < 4.78 is 10.5. The summed E-state index contributed by atoms with van der Waals surface area (Å²) in [6.45, 7) is 4.93. The molecule has 0 spiro atoms. The fourth-order valence-corrected chi connectivity index (χ4v) is 2.12. The fourth-order valence-electron chi connectivity index (χ4n) is 2.12. The smallest absolute Gasteiger partial charge is 0.287 e. The van der Waals surface area contributed by atoms with Crippen LogP contribution in [0.3, 0.4) is 0 Å². The lowest BCUT2D eigenvalue weighted by Gasteiger charge is -2.31. The van der Waals surface area contributed by atoms with Gasteiger partial charge in [-0.25, -0.2) is 0 Å². The molecule has 1 fully saturated rings. The number of hydrogen-bond acceptors (Lipinski definition) is 4. The van der Waals surface area contributed by atoms with Crippen molar-refractivity contribution < 1.29 is 19.1 Å². The average Bonchev–Trinajstić information content (AvgIpc) is 2.67. The molecule has 2 N–H and O–H groups in total. The lowest BCUT2D eigenvalue weighted by Crippen LogP contribution is -2.46. The normalized spacial score (nSPS) is 18.6. The molecule has 18 heavy (non-hydrogen) atoms. The van der Waals surface area contributed by atoms with Crippen molar-refractivity contribution >= 4 is 5.91 Å². The van der Waals surface area contributed by atoms with Gasteiger partial charge in [-0.05, 0) is 19.9 Å². The molecule has 5 heteroatoms. The van der Waals surface area contributed by atoms with Crippen LogP contribution in [0.25, 0.3) is 0 Å². The Morgan fingerprint density at radius 2 is 2.11 bits per heavy atom. The lowest BCUT2D eigenvalue weighted by molar-refractivity contribution is -0.0605. The van der Waals surface area contributed by atoms with Crippen LogP contribution >= 0.6 is 0 Å². The quantitative estimate of drug-likeness (QED) is 0.848. The summed E-state index contributed by atoms with van der Waals surface area (Å²) in [4.78, 5) is 11.9. The van der Waals surface area contributed by atoms with Gasteiger partial charge in [-0.2, -0.15) is 0 Å². The van der Waals surface area contributed by atoms with E-state index in [9.17, 15) is 9.90 Å². The van der Waals surface area contributed by atoms with Gasteiger partial charge in [0, 0.05) is 38.2 Å². The lowest BCUT2D eigenvalue weighted by atomic mass is 9.94. The number of amides is 1. The van der Waals surface area contributed by atoms with Crippen LogP contribution in [0.15, 0.2) is 10.5 Å². The van der Waals surface area contributed by atoms with Crippen molar-refractivity contribution in [2.24, 2.45) is 0 Å². The first-order chi connectivity index (χ1) is 8.50. The Balaban J connectivity index is 1.94. The van der Waals surface area contributed by atoms with Crippen LogP contribution in [0.4, 0.5) is 0 Å². The number of ether oxygens (including phenoxy) is 1. The molecule has 0 atom stereocenters. The second-order valence-corrected chi connectivity index (χ2v) is 4.89. The van der Waals surface area contributed by atoms with E-state index in [0.29, 0.717) is 37.6 Å². The third-order valence-corrected chi connectivity index (χ3v) is 3.25. The summed E-state index contributed by atoms with van der Waals surface area (Å²) in [6.07, 6.45) is 1.09. The van der Waals surface area contributed by atoms with E-state index in [4.69, 9.17) is 9.15 Å². The van der Waals surface area contributed by atoms with E-state index in [1.54, 1.807) is 6.92 Å². The van der Waals surface area contributed by atoms with Crippen molar-refractivity contribution in [1.29, 1.82) is 0 Å². The molecule has 1 aromatic rings. The maximum absolute atomic E-state index is 11.9. The zero-order chi connectivity index (χ0) is 13.2. The van der Waals surface area contributed by atoms with E-state index in [1.807, 2.05) is 13.0 Å². The van der Waals surface area contributed by atoms with Crippen LogP contribution in [0.5, 0.6) is 0 Å². The number of nitrogens with one attached hydrogen (secondary N) is 1. The minimum Gasteiger partial charge on any atom is -0.456 e. The second-order valence-electron chi connectivity index (χ2n) is 4.89. The zero-order valence-electron chi connectivity index (χ0n) is 10.8. The van der Waals surface area contributed by atoms with Crippen LogP contribution in [0.2, 0.25) is 0 Å². The number of carbonyl (C=O) groups excluding carboxylic acids is 1. The van der Waals surface area contributed by atoms with E-state index >= 15 is 0 Å². The van der Waals surface area contributed by atoms with Crippen molar-refractivity contribution in [3.8, 4) is 0 Å². The highest BCUT2D eigenvalue weighted by Crippen LogP contribution is 2.20. The van der Waals surface area contributed by atoms with Gasteiger partial charge >= 0.3 is 0 Å². The summed E-state index contributed by atoms with van der Waals surface area (Å²) in [5, 5.41) is 12.9. The summed E-state index contributed by atoms with van der Waals surface area (Å²) >= 11 is 0. The van der Waals surface area contributed by atoms with Crippen molar-refractivity contribution in [2.75, 3.05) is 19.8 Å². The van der Waals surface area contributed by atoms with E-state index in [2.05, 4.69) is 5.32 Å². The van der Waals surface area contributed by atoms with Gasteiger partial charge in [-0.3, -0.25) is 4.79 Å². The zero-order valence-corrected chi connectivity index (χ0v) is 10.8. The topological polar surface area (TPSA) is 71.7 Å². The van der Waals surface area contributed by atoms with Crippen molar-refractivity contribution in [2.45, 2.75) is 32.3 Å². The highest BCUT2D eigenvalue weighted by molar-refractivity contribution is 5.92. The Bertz CT molecular complexity index is 432. The van der Waals surface area contributed by atoms with Crippen molar-refractivity contribution in [3.63, 3.8) is 0 Å². The van der Waals surface area contributed by atoms with Crippen molar-refractivity contribution in [3.05, 3.63) is 23.2 Å². The molecule has 0 unspecified atom stereocenters. The maximum atomic E-state index is 11.9. The summed E-state index contributed by atoms with van der Waals surface area (Å²) in [5.74, 6) is 0.756. The monoisotopic (exact) mass is 253 g/mol. The number of furan rings is 1. The minimum absolute atomic E-state index is 0.231. The first-order valence-electron chi connectivity index (χ1n) is 6.15. The fraction of sp³-hybridized carbons (Fsp3) is 0.615. The molecular formula is C13H19NO4. The Hall–Kier alpha value is -1.33. The summed E-state index contributed by atoms with van der Waals surface area (Å²) in [7, 11) is 0. The standard InChI is InChI=1S/C13H19NO4/c1-9-7-10(2)18-11(9)12(15)14-8-13(16)3-5-17-6-4-13/h7,16H,3-6,8H2,1-2H3,(H,14,15). The first-order valence-corrected chi connectivity index (χ1v) is 6.15. The van der Waals surface area contributed by atoms with Gasteiger partial charge in [0.2, 0.25) is 0 Å². The predicted octanol–water partition coefficient (Wildman–Crippen LogP) is 1.17. The minimum atomic E-state index is -0.858. The van der Waals surface area contributed by atoms with Gasteiger partial charge in [-0.1, -0.05) is 0 Å². The van der Waals surface area contributed by atoms with Crippen LogP contribution in [-0.2, 0) is 4.74 Å². The number of rotatable bonds is 3. The van der Waals surface area contributed by atoms with Crippen LogP contribution < -0.4 is 5.32 Å². The Morgan fingerprint density at radius 1 is 1.44 bits per heavy atom. The van der Waals surface area contributed by atoms with Crippen molar-refractivity contribution in [1.82, 2.24) is 5.32 Å². The van der Waals surface area contributed by atoms with E-state index < -0.39 is 5.60 Å². The first kappa shape index (κ1) is 13.1. The molecule has 100 valence electrons. The average molecular weight is 253 g/mol. The Kier molecular flexibility index (Phi) is 3.73. The number of hydrogen-bond donors (Lipinski definition) is 2. The third-order valence-electron chi connectivity index (χ3n) is 3.25. The number of aryl methyl sites for hydroxylation is 2. The second kappa shape index (κ2) is 5.12. The third kappa shape index (κ3) is 2.91. The van der Waals surface area contributed by atoms with Crippen LogP contribution in [0, 0.1) is 13.8 Å². The van der Waals surface area contributed by atoms with Crippen LogP contribution in [0.1, 0.15) is 34.7 Å². The molecular weight excluding hydrogens is 234 g/mol. The molecule has 1 aliphatic heterocycles. The molecule has 0 saturated carbocycles. The van der Waals surface area contributed by atoms with Gasteiger partial charge in [0.1, 0.15) is 5.76 Å². The molecule has 1 amide bonds. The molecule has 1 aromatic heterocycles. The molecule has 0 radical (unpaired) electrons. The highest BCUT2D eigenvalue weighted by Gasteiger charge is 2.30. The molecule has 1 saturated heterocycles. The van der Waals surface area contributed by atoms with E-state index in [-0.39, 0.29) is 12.5 Å². The van der Waals surface area contributed by atoms with E-state index in [1.165, 1.54) is 0 Å². The Morgan fingerprint density at radius 3 is 2.67 bits per heavy atom. The Labute approximate surface area is 106 Å². The largest absolute Gasteiger partial charge is 0.456 e. The molecule has 0 aliphatic carbocycles. The van der Waals surface area contributed by atoms with Gasteiger partial charge in [0.05, 0.1) is 5.60 Å². The summed E-state index contributed by atoms with van der Waals surface area (Å²) in [5.41, 5.74) is -0.0485. The SMILES string of the molecule is Cc1cc(C)c(C(=O)NCC2(O)CCOCC2)o1. The molecule has 2 heterocycles.